The summed E-state index contributed by atoms with van der Waals surface area (Å²) in [6, 6.07) is 6.22. The van der Waals surface area contributed by atoms with Crippen LogP contribution in [0.4, 0.5) is 0 Å². The van der Waals surface area contributed by atoms with E-state index in [0.29, 0.717) is 30.5 Å². The fourth-order valence-electron chi connectivity index (χ4n) is 4.33. The Balaban J connectivity index is 1.71. The minimum Gasteiger partial charge on any atom is -0.481 e. The molecule has 21 heavy (non-hydrogen) atoms. The van der Waals surface area contributed by atoms with Gasteiger partial charge in [-0.2, -0.15) is 0 Å². The van der Waals surface area contributed by atoms with E-state index >= 15 is 0 Å². The van der Waals surface area contributed by atoms with Crippen LogP contribution in [0.3, 0.4) is 0 Å². The molecule has 0 radical (unpaired) electrons. The topological polar surface area (TPSA) is 40.5 Å². The molecule has 2 fully saturated rings. The molecule has 2 bridgehead atoms. The first kappa shape index (κ1) is 15.0. The van der Waals surface area contributed by atoms with Gasteiger partial charge in [-0.25, -0.2) is 0 Å². The quantitative estimate of drug-likeness (QED) is 0.890. The van der Waals surface area contributed by atoms with E-state index in [1.165, 1.54) is 22.6 Å². The molecule has 0 spiro atoms. The second-order valence-corrected chi connectivity index (χ2v) is 7.80. The lowest BCUT2D eigenvalue weighted by atomic mass is 9.87. The lowest BCUT2D eigenvalue weighted by Crippen LogP contribution is -2.44. The summed E-state index contributed by atoms with van der Waals surface area (Å²) in [5.41, 5.74) is 0. The Hall–Kier alpha value is -0.870. The van der Waals surface area contributed by atoms with Gasteiger partial charge < -0.3 is 5.11 Å². The minimum atomic E-state index is -0.633. The van der Waals surface area contributed by atoms with Crippen molar-refractivity contribution in [2.24, 2.45) is 5.92 Å². The monoisotopic (exact) mass is 307 g/mol. The molecule has 3 nitrogen and oxygen atoms in total. The largest absolute Gasteiger partial charge is 0.481 e. The van der Waals surface area contributed by atoms with Crippen LogP contribution in [0.5, 0.6) is 0 Å². The first-order valence-electron chi connectivity index (χ1n) is 8.16. The number of fused-ring (bicyclic) bond motifs is 2. The lowest BCUT2D eigenvalue weighted by molar-refractivity contribution is -0.138. The number of aliphatic carboxylic acids is 1. The smallest absolute Gasteiger partial charge is 0.303 e. The molecule has 0 amide bonds. The zero-order valence-corrected chi connectivity index (χ0v) is 13.7. The molecular formula is C17H25NO2S. The van der Waals surface area contributed by atoms with E-state index in [2.05, 4.69) is 30.9 Å². The SMILES string of the molecule is CCc1ccc(C(C)N2C3CCC2CC(CC(=O)O)C3)s1. The summed E-state index contributed by atoms with van der Waals surface area (Å²) in [5, 5.41) is 9.03. The number of carbonyl (C=O) groups is 1. The van der Waals surface area contributed by atoms with Gasteiger partial charge in [0.2, 0.25) is 0 Å². The van der Waals surface area contributed by atoms with Gasteiger partial charge in [0.05, 0.1) is 0 Å². The molecule has 2 aliphatic heterocycles. The van der Waals surface area contributed by atoms with Gasteiger partial charge in [0.25, 0.3) is 0 Å². The number of aryl methyl sites for hydroxylation is 1. The molecule has 3 rings (SSSR count). The number of carboxylic acid groups (broad SMARTS) is 1. The standard InChI is InChI=1S/C17H25NO2S/c1-3-15-6-7-16(21-15)11(2)18-13-4-5-14(18)9-12(8-13)10-17(19)20/h6-7,11-14H,3-5,8-10H2,1-2H3,(H,19,20). The third kappa shape index (κ3) is 3.02. The van der Waals surface area contributed by atoms with Crippen molar-refractivity contribution in [3.05, 3.63) is 21.9 Å². The first-order valence-corrected chi connectivity index (χ1v) is 8.98. The third-order valence-electron chi connectivity index (χ3n) is 5.24. The van der Waals surface area contributed by atoms with Crippen LogP contribution in [0, 0.1) is 5.92 Å². The van der Waals surface area contributed by atoms with Crippen LogP contribution in [0.15, 0.2) is 12.1 Å². The van der Waals surface area contributed by atoms with Crippen LogP contribution in [-0.2, 0) is 11.2 Å². The predicted molar refractivity (Wildman–Crippen MR) is 85.7 cm³/mol. The average Bonchev–Trinajstić information content (AvgIpc) is 3.01. The number of piperidine rings is 1. The van der Waals surface area contributed by atoms with Crippen LogP contribution in [0.1, 0.15) is 61.7 Å². The van der Waals surface area contributed by atoms with Crippen LogP contribution in [-0.4, -0.2) is 28.1 Å². The molecule has 0 saturated carbocycles. The van der Waals surface area contributed by atoms with Gasteiger partial charge in [0.15, 0.2) is 0 Å². The van der Waals surface area contributed by atoms with Crippen molar-refractivity contribution in [2.45, 2.75) is 70.5 Å². The minimum absolute atomic E-state index is 0.355. The Morgan fingerprint density at radius 3 is 2.57 bits per heavy atom. The van der Waals surface area contributed by atoms with E-state index in [4.69, 9.17) is 5.11 Å². The van der Waals surface area contributed by atoms with E-state index in [1.807, 2.05) is 11.3 Å². The summed E-state index contributed by atoms with van der Waals surface area (Å²) in [5.74, 6) is -0.246. The van der Waals surface area contributed by atoms with E-state index in [0.717, 1.165) is 19.3 Å². The molecule has 1 aromatic rings. The highest BCUT2D eigenvalue weighted by Gasteiger charge is 2.43. The van der Waals surface area contributed by atoms with Gasteiger partial charge in [-0.05, 0) is 57.1 Å². The van der Waals surface area contributed by atoms with Gasteiger partial charge in [-0.3, -0.25) is 9.69 Å². The van der Waals surface area contributed by atoms with E-state index < -0.39 is 5.97 Å². The molecule has 3 unspecified atom stereocenters. The molecule has 2 aliphatic rings. The molecule has 0 aliphatic carbocycles. The fraction of sp³-hybridized carbons (Fsp3) is 0.706. The Bertz CT molecular complexity index is 499. The third-order valence-corrected chi connectivity index (χ3v) is 6.64. The van der Waals surface area contributed by atoms with Gasteiger partial charge >= 0.3 is 5.97 Å². The van der Waals surface area contributed by atoms with Crippen molar-refractivity contribution in [3.63, 3.8) is 0 Å². The number of rotatable bonds is 5. The number of hydrogen-bond donors (Lipinski definition) is 1. The molecule has 2 saturated heterocycles. The normalized spacial score (nSPS) is 30.5. The lowest BCUT2D eigenvalue weighted by Gasteiger charge is -2.42. The van der Waals surface area contributed by atoms with E-state index in [9.17, 15) is 4.79 Å². The van der Waals surface area contributed by atoms with Crippen molar-refractivity contribution >= 4 is 17.3 Å². The zero-order valence-electron chi connectivity index (χ0n) is 12.9. The molecule has 3 heterocycles. The van der Waals surface area contributed by atoms with Crippen LogP contribution >= 0.6 is 11.3 Å². The maximum Gasteiger partial charge on any atom is 0.303 e. The summed E-state index contributed by atoms with van der Waals surface area (Å²) in [7, 11) is 0. The van der Waals surface area contributed by atoms with Crippen molar-refractivity contribution in [2.75, 3.05) is 0 Å². The molecule has 3 atom stereocenters. The number of thiophene rings is 1. The van der Waals surface area contributed by atoms with E-state index in [1.54, 1.807) is 0 Å². The Morgan fingerprint density at radius 2 is 2.05 bits per heavy atom. The summed E-state index contributed by atoms with van der Waals surface area (Å²) in [6.07, 6.45) is 6.10. The molecule has 1 N–H and O–H groups in total. The van der Waals surface area contributed by atoms with Gasteiger partial charge in [0.1, 0.15) is 0 Å². The molecule has 4 heteroatoms. The van der Waals surface area contributed by atoms with Crippen molar-refractivity contribution in [3.8, 4) is 0 Å². The van der Waals surface area contributed by atoms with Gasteiger partial charge in [-0.15, -0.1) is 11.3 Å². The maximum atomic E-state index is 11.0. The highest BCUT2D eigenvalue weighted by molar-refractivity contribution is 7.12. The second-order valence-electron chi connectivity index (χ2n) is 6.60. The van der Waals surface area contributed by atoms with Crippen LogP contribution in [0.25, 0.3) is 0 Å². The molecule has 1 aromatic heterocycles. The zero-order chi connectivity index (χ0) is 15.0. The van der Waals surface area contributed by atoms with Gasteiger partial charge in [0, 0.05) is 34.3 Å². The summed E-state index contributed by atoms with van der Waals surface area (Å²) >= 11 is 1.94. The summed E-state index contributed by atoms with van der Waals surface area (Å²) < 4.78 is 0. The molecule has 116 valence electrons. The fourth-order valence-corrected chi connectivity index (χ4v) is 5.34. The number of nitrogens with zero attached hydrogens (tertiary/aromatic N) is 1. The van der Waals surface area contributed by atoms with E-state index in [-0.39, 0.29) is 0 Å². The maximum absolute atomic E-state index is 11.0. The van der Waals surface area contributed by atoms with Crippen LogP contribution < -0.4 is 0 Å². The number of carboxylic acids is 1. The second kappa shape index (κ2) is 6.09. The Morgan fingerprint density at radius 1 is 1.38 bits per heavy atom. The highest BCUT2D eigenvalue weighted by atomic mass is 32.1. The van der Waals surface area contributed by atoms with Gasteiger partial charge in [-0.1, -0.05) is 6.92 Å². The number of hydrogen-bond acceptors (Lipinski definition) is 3. The summed E-state index contributed by atoms with van der Waals surface area (Å²) in [4.78, 5) is 16.6. The van der Waals surface area contributed by atoms with Crippen molar-refractivity contribution < 1.29 is 9.90 Å². The van der Waals surface area contributed by atoms with Crippen molar-refractivity contribution in [1.29, 1.82) is 0 Å². The highest BCUT2D eigenvalue weighted by Crippen LogP contribution is 2.45. The first-order chi connectivity index (χ1) is 10.1. The Kier molecular flexibility index (Phi) is 4.36. The molecular weight excluding hydrogens is 282 g/mol. The van der Waals surface area contributed by atoms with Crippen molar-refractivity contribution in [1.82, 2.24) is 4.90 Å². The Labute approximate surface area is 131 Å². The molecule has 0 aromatic carbocycles. The predicted octanol–water partition coefficient (Wildman–Crippen LogP) is 4.09. The van der Waals surface area contributed by atoms with Crippen LogP contribution in [0.2, 0.25) is 0 Å². The average molecular weight is 307 g/mol. The summed E-state index contributed by atoms with van der Waals surface area (Å²) in [6.45, 7) is 4.54.